The van der Waals surface area contributed by atoms with E-state index in [0.29, 0.717) is 13.2 Å². The van der Waals surface area contributed by atoms with E-state index in [-0.39, 0.29) is 18.1 Å². The monoisotopic (exact) mass is 278 g/mol. The number of nitrogens with zero attached hydrogens (tertiary/aromatic N) is 1. The number of fused-ring (bicyclic) bond motifs is 1. The van der Waals surface area contributed by atoms with Crippen molar-refractivity contribution >= 4 is 5.91 Å². The van der Waals surface area contributed by atoms with Gasteiger partial charge < -0.3 is 20.1 Å². The summed E-state index contributed by atoms with van der Waals surface area (Å²) < 4.78 is 11.5. The topological polar surface area (TPSA) is 64.8 Å². The predicted octanol–water partition coefficient (Wildman–Crippen LogP) is 1.41. The summed E-state index contributed by atoms with van der Waals surface area (Å²) >= 11 is 0. The minimum Gasteiger partial charge on any atom is -0.486 e. The van der Waals surface area contributed by atoms with E-state index in [1.165, 1.54) is 0 Å². The third-order valence-electron chi connectivity index (χ3n) is 3.26. The molecule has 2 N–H and O–H groups in total. The Hall–Kier alpha value is -1.75. The predicted molar refractivity (Wildman–Crippen MR) is 76.9 cm³/mol. The Morgan fingerprint density at radius 1 is 1.35 bits per heavy atom. The number of hydrogen-bond donors (Lipinski definition) is 1. The van der Waals surface area contributed by atoms with E-state index in [0.717, 1.165) is 11.5 Å². The van der Waals surface area contributed by atoms with Gasteiger partial charge in [0, 0.05) is 6.04 Å². The molecule has 1 aromatic carbocycles. The van der Waals surface area contributed by atoms with Gasteiger partial charge in [-0.1, -0.05) is 12.1 Å². The summed E-state index contributed by atoms with van der Waals surface area (Å²) in [6, 6.07) is 7.12. The highest BCUT2D eigenvalue weighted by Crippen LogP contribution is 2.31. The van der Waals surface area contributed by atoms with Crippen LogP contribution in [0.1, 0.15) is 20.8 Å². The van der Waals surface area contributed by atoms with Crippen molar-refractivity contribution < 1.29 is 14.3 Å². The van der Waals surface area contributed by atoms with Crippen molar-refractivity contribution in [1.82, 2.24) is 4.90 Å². The van der Waals surface area contributed by atoms with Gasteiger partial charge in [0.15, 0.2) is 17.6 Å². The summed E-state index contributed by atoms with van der Waals surface area (Å²) in [4.78, 5) is 13.9. The summed E-state index contributed by atoms with van der Waals surface area (Å²) in [6.45, 7) is 6.56. The zero-order chi connectivity index (χ0) is 14.7. The zero-order valence-corrected chi connectivity index (χ0v) is 12.2. The number of carbonyl (C=O) groups excluding carboxylic acids is 1. The molecule has 0 radical (unpaired) electrons. The SMILES string of the molecule is CC(C)N(CC1COc2ccccc2O1)C(=O)[C@H](C)N. The highest BCUT2D eigenvalue weighted by Gasteiger charge is 2.27. The fourth-order valence-electron chi connectivity index (χ4n) is 2.19. The van der Waals surface area contributed by atoms with Crippen molar-refractivity contribution in [3.63, 3.8) is 0 Å². The summed E-state index contributed by atoms with van der Waals surface area (Å²) in [5, 5.41) is 0. The fraction of sp³-hybridized carbons (Fsp3) is 0.533. The maximum absolute atomic E-state index is 12.1. The number of benzene rings is 1. The van der Waals surface area contributed by atoms with Crippen LogP contribution in [-0.2, 0) is 4.79 Å². The van der Waals surface area contributed by atoms with Crippen LogP contribution in [0.4, 0.5) is 0 Å². The van der Waals surface area contributed by atoms with Crippen LogP contribution in [0.3, 0.4) is 0 Å². The smallest absolute Gasteiger partial charge is 0.239 e. The largest absolute Gasteiger partial charge is 0.486 e. The minimum absolute atomic E-state index is 0.0672. The van der Waals surface area contributed by atoms with E-state index in [1.54, 1.807) is 11.8 Å². The molecule has 0 aliphatic carbocycles. The van der Waals surface area contributed by atoms with Gasteiger partial charge in [-0.05, 0) is 32.9 Å². The number of rotatable bonds is 4. The standard InChI is InChI=1S/C15H22N2O3/c1-10(2)17(15(18)11(3)16)8-12-9-19-13-6-4-5-7-14(13)20-12/h4-7,10-12H,8-9,16H2,1-3H3/t11-,12?/m0/s1. The molecule has 1 aromatic rings. The zero-order valence-electron chi connectivity index (χ0n) is 12.2. The lowest BCUT2D eigenvalue weighted by atomic mass is 10.2. The molecule has 2 rings (SSSR count). The second-order valence-electron chi connectivity index (χ2n) is 5.37. The lowest BCUT2D eigenvalue weighted by Crippen LogP contribution is -2.51. The Kier molecular flexibility index (Phi) is 4.49. The number of hydrogen-bond acceptors (Lipinski definition) is 4. The number of amides is 1. The van der Waals surface area contributed by atoms with Crippen LogP contribution >= 0.6 is 0 Å². The van der Waals surface area contributed by atoms with Crippen molar-refractivity contribution in [3.05, 3.63) is 24.3 Å². The van der Waals surface area contributed by atoms with Crippen LogP contribution in [-0.4, -0.2) is 42.1 Å². The average Bonchev–Trinajstić information content (AvgIpc) is 2.43. The van der Waals surface area contributed by atoms with Crippen molar-refractivity contribution in [2.75, 3.05) is 13.2 Å². The van der Waals surface area contributed by atoms with Crippen molar-refractivity contribution in [2.24, 2.45) is 5.73 Å². The molecule has 5 heteroatoms. The molecule has 0 saturated carbocycles. The average molecular weight is 278 g/mol. The Balaban J connectivity index is 2.04. The third-order valence-corrected chi connectivity index (χ3v) is 3.26. The van der Waals surface area contributed by atoms with E-state index in [9.17, 15) is 4.79 Å². The second-order valence-corrected chi connectivity index (χ2v) is 5.37. The first-order chi connectivity index (χ1) is 9.49. The highest BCUT2D eigenvalue weighted by molar-refractivity contribution is 5.81. The molecule has 1 aliphatic heterocycles. The molecule has 0 spiro atoms. The molecule has 1 aliphatic rings. The van der Waals surface area contributed by atoms with E-state index in [2.05, 4.69) is 0 Å². The van der Waals surface area contributed by atoms with Crippen LogP contribution in [0.5, 0.6) is 11.5 Å². The van der Waals surface area contributed by atoms with Crippen molar-refractivity contribution in [3.8, 4) is 11.5 Å². The Bertz CT molecular complexity index is 474. The number of carbonyl (C=O) groups is 1. The quantitative estimate of drug-likeness (QED) is 0.904. The molecule has 0 aromatic heterocycles. The summed E-state index contributed by atoms with van der Waals surface area (Å²) in [6.07, 6.45) is -0.171. The van der Waals surface area contributed by atoms with Crippen LogP contribution < -0.4 is 15.2 Å². The Labute approximate surface area is 119 Å². The van der Waals surface area contributed by atoms with Crippen molar-refractivity contribution in [2.45, 2.75) is 39.0 Å². The fourth-order valence-corrected chi connectivity index (χ4v) is 2.19. The molecule has 20 heavy (non-hydrogen) atoms. The molecule has 5 nitrogen and oxygen atoms in total. The van der Waals surface area contributed by atoms with Crippen molar-refractivity contribution in [1.29, 1.82) is 0 Å². The minimum atomic E-state index is -0.505. The molecule has 0 fully saturated rings. The third kappa shape index (κ3) is 3.22. The van der Waals surface area contributed by atoms with Crippen LogP contribution in [0.25, 0.3) is 0 Å². The molecule has 0 saturated heterocycles. The number of para-hydroxylation sites is 2. The maximum Gasteiger partial charge on any atom is 0.239 e. The van der Waals surface area contributed by atoms with Gasteiger partial charge in [-0.25, -0.2) is 0 Å². The highest BCUT2D eigenvalue weighted by atomic mass is 16.6. The van der Waals surface area contributed by atoms with E-state index in [4.69, 9.17) is 15.2 Å². The van der Waals surface area contributed by atoms with Crippen LogP contribution in [0, 0.1) is 0 Å². The van der Waals surface area contributed by atoms with Gasteiger partial charge in [0.05, 0.1) is 12.6 Å². The molecule has 1 amide bonds. The molecular weight excluding hydrogens is 256 g/mol. The van der Waals surface area contributed by atoms with E-state index >= 15 is 0 Å². The second kappa shape index (κ2) is 6.13. The van der Waals surface area contributed by atoms with Gasteiger partial charge >= 0.3 is 0 Å². The van der Waals surface area contributed by atoms with Gasteiger partial charge in [-0.2, -0.15) is 0 Å². The van der Waals surface area contributed by atoms with E-state index < -0.39 is 6.04 Å². The molecule has 1 heterocycles. The van der Waals surface area contributed by atoms with Crippen LogP contribution in [0.2, 0.25) is 0 Å². The van der Waals surface area contributed by atoms with Gasteiger partial charge in [-0.3, -0.25) is 4.79 Å². The van der Waals surface area contributed by atoms with Gasteiger partial charge in [0.1, 0.15) is 6.61 Å². The summed E-state index contributed by atoms with van der Waals surface area (Å²) in [7, 11) is 0. The first-order valence-electron chi connectivity index (χ1n) is 6.93. The normalized spacial score (nSPS) is 18.8. The Morgan fingerprint density at radius 3 is 2.60 bits per heavy atom. The lowest BCUT2D eigenvalue weighted by molar-refractivity contribution is -0.135. The molecule has 110 valence electrons. The lowest BCUT2D eigenvalue weighted by Gasteiger charge is -2.34. The number of ether oxygens (including phenoxy) is 2. The molecule has 1 unspecified atom stereocenters. The Morgan fingerprint density at radius 2 is 2.00 bits per heavy atom. The molecular formula is C15H22N2O3. The summed E-state index contributed by atoms with van der Waals surface area (Å²) in [5.41, 5.74) is 5.69. The van der Waals surface area contributed by atoms with Crippen LogP contribution in [0.15, 0.2) is 24.3 Å². The molecule has 0 bridgehead atoms. The number of nitrogens with two attached hydrogens (primary N) is 1. The van der Waals surface area contributed by atoms with Gasteiger partial charge in [0.2, 0.25) is 5.91 Å². The van der Waals surface area contributed by atoms with E-state index in [1.807, 2.05) is 38.1 Å². The molecule has 2 atom stereocenters. The first kappa shape index (κ1) is 14.7. The first-order valence-corrected chi connectivity index (χ1v) is 6.93. The van der Waals surface area contributed by atoms with Gasteiger partial charge in [0.25, 0.3) is 0 Å². The maximum atomic E-state index is 12.1. The summed E-state index contributed by atoms with van der Waals surface area (Å²) in [5.74, 6) is 1.40. The van der Waals surface area contributed by atoms with Gasteiger partial charge in [-0.15, -0.1) is 0 Å².